The Kier molecular flexibility index (Phi) is 10.9. The Morgan fingerprint density at radius 2 is 1.81 bits per heavy atom. The quantitative estimate of drug-likeness (QED) is 0.274. The lowest BCUT2D eigenvalue weighted by molar-refractivity contribution is 0.0131. The Hall–Kier alpha value is -0.130. The number of hydrogen-bond acceptors (Lipinski definition) is 4. The fourth-order valence-electron chi connectivity index (χ4n) is 3.77. The first-order valence-electron chi connectivity index (χ1n) is 10.1. The highest BCUT2D eigenvalue weighted by Gasteiger charge is 2.30. The van der Waals surface area contributed by atoms with Gasteiger partial charge in [-0.1, -0.05) is 26.2 Å². The third-order valence-electron chi connectivity index (χ3n) is 5.31. The molecule has 0 bridgehead atoms. The summed E-state index contributed by atoms with van der Waals surface area (Å²) in [6, 6.07) is 0.210. The molecule has 27 heavy (non-hydrogen) atoms. The van der Waals surface area contributed by atoms with E-state index in [4.69, 9.17) is 0 Å². The molecule has 1 heterocycles. The summed E-state index contributed by atoms with van der Waals surface area (Å²) in [5.41, 5.74) is -0.668. The second kappa shape index (κ2) is 11.8. The van der Waals surface area contributed by atoms with Crippen molar-refractivity contribution in [3.63, 3.8) is 0 Å². The molecule has 0 atom stereocenters. The Bertz CT molecular complexity index is 557. The lowest BCUT2D eigenvalue weighted by Crippen LogP contribution is -2.50. The maximum atomic E-state index is 12.2. The van der Waals surface area contributed by atoms with E-state index in [1.54, 1.807) is 4.31 Å². The molecule has 3 N–H and O–H groups in total. The SMILES string of the molecule is CCCS(=O)(=O)N1CCC(NC(=NCC2(O)CCCCC2)NCC)CC1.I. The van der Waals surface area contributed by atoms with Crippen LogP contribution in [0.2, 0.25) is 0 Å². The number of sulfonamides is 1. The number of guanidine groups is 1. The molecule has 0 aromatic heterocycles. The Morgan fingerprint density at radius 3 is 2.37 bits per heavy atom. The molecule has 0 aromatic rings. The fourth-order valence-corrected chi connectivity index (χ4v) is 5.31. The van der Waals surface area contributed by atoms with Crippen LogP contribution in [0, 0.1) is 0 Å². The summed E-state index contributed by atoms with van der Waals surface area (Å²) in [4.78, 5) is 4.61. The van der Waals surface area contributed by atoms with Gasteiger partial charge in [0.1, 0.15) is 0 Å². The van der Waals surface area contributed by atoms with E-state index in [9.17, 15) is 13.5 Å². The summed E-state index contributed by atoms with van der Waals surface area (Å²) in [6.07, 6.45) is 7.19. The Morgan fingerprint density at radius 1 is 1.19 bits per heavy atom. The molecule has 160 valence electrons. The number of halogens is 1. The summed E-state index contributed by atoms with van der Waals surface area (Å²) in [6.45, 7) is 6.21. The number of nitrogens with one attached hydrogen (secondary N) is 2. The maximum Gasteiger partial charge on any atom is 0.214 e. The monoisotopic (exact) mass is 516 g/mol. The first-order valence-corrected chi connectivity index (χ1v) is 11.7. The van der Waals surface area contributed by atoms with Crippen LogP contribution >= 0.6 is 24.0 Å². The maximum absolute atomic E-state index is 12.2. The van der Waals surface area contributed by atoms with Gasteiger partial charge in [-0.05, 0) is 39.0 Å². The second-order valence-corrected chi connectivity index (χ2v) is 9.70. The van der Waals surface area contributed by atoms with Crippen LogP contribution in [0.15, 0.2) is 4.99 Å². The van der Waals surface area contributed by atoms with Crippen LogP contribution < -0.4 is 10.6 Å². The Labute approximate surface area is 181 Å². The van der Waals surface area contributed by atoms with Gasteiger partial charge in [0.25, 0.3) is 0 Å². The average molecular weight is 516 g/mol. The number of aliphatic imine (C=N–C) groups is 1. The molecule has 0 radical (unpaired) electrons. The van der Waals surface area contributed by atoms with Crippen molar-refractivity contribution in [1.29, 1.82) is 0 Å². The predicted octanol–water partition coefficient (Wildman–Crippen LogP) is 2.06. The number of hydrogen-bond donors (Lipinski definition) is 3. The molecule has 1 aliphatic carbocycles. The van der Waals surface area contributed by atoms with Crippen LogP contribution in [0.3, 0.4) is 0 Å². The minimum absolute atomic E-state index is 0. The summed E-state index contributed by atoms with van der Waals surface area (Å²) < 4.78 is 26.0. The van der Waals surface area contributed by atoms with Crippen molar-refractivity contribution in [2.75, 3.05) is 31.9 Å². The van der Waals surface area contributed by atoms with Crippen LogP contribution in [0.1, 0.15) is 65.2 Å². The van der Waals surface area contributed by atoms with Crippen molar-refractivity contribution in [2.45, 2.75) is 76.9 Å². The molecule has 2 fully saturated rings. The zero-order chi connectivity index (χ0) is 19.0. The van der Waals surface area contributed by atoms with Gasteiger partial charge in [-0.3, -0.25) is 4.99 Å². The standard InChI is InChI=1S/C18H36N4O3S.HI/c1-3-14-26(24,25)22-12-8-16(9-13-22)21-17(19-4-2)20-15-18(23)10-6-5-7-11-18;/h16,23H,3-15H2,1-2H3,(H2,19,20,21);1H. The lowest BCUT2D eigenvalue weighted by atomic mass is 9.85. The van der Waals surface area contributed by atoms with Gasteiger partial charge in [-0.15, -0.1) is 24.0 Å². The van der Waals surface area contributed by atoms with Gasteiger partial charge in [0.2, 0.25) is 10.0 Å². The van der Waals surface area contributed by atoms with E-state index in [-0.39, 0.29) is 35.8 Å². The molecular weight excluding hydrogens is 479 g/mol. The molecule has 2 rings (SSSR count). The highest BCUT2D eigenvalue weighted by Crippen LogP contribution is 2.28. The zero-order valence-electron chi connectivity index (χ0n) is 16.7. The smallest absolute Gasteiger partial charge is 0.214 e. The van der Waals surface area contributed by atoms with E-state index in [1.807, 2.05) is 13.8 Å². The molecule has 1 saturated carbocycles. The molecule has 7 nitrogen and oxygen atoms in total. The van der Waals surface area contributed by atoms with Crippen molar-refractivity contribution in [2.24, 2.45) is 4.99 Å². The van der Waals surface area contributed by atoms with Crippen molar-refractivity contribution in [3.05, 3.63) is 0 Å². The molecule has 1 aliphatic heterocycles. The van der Waals surface area contributed by atoms with Crippen LogP contribution in [0.25, 0.3) is 0 Å². The normalized spacial score (nSPS) is 22.1. The van der Waals surface area contributed by atoms with E-state index in [2.05, 4.69) is 15.6 Å². The van der Waals surface area contributed by atoms with Crippen LogP contribution in [-0.2, 0) is 10.0 Å². The average Bonchev–Trinajstić information content (AvgIpc) is 2.61. The van der Waals surface area contributed by atoms with Gasteiger partial charge in [-0.2, -0.15) is 0 Å². The molecule has 0 spiro atoms. The summed E-state index contributed by atoms with van der Waals surface area (Å²) in [5.74, 6) is 0.953. The summed E-state index contributed by atoms with van der Waals surface area (Å²) in [7, 11) is -3.10. The van der Waals surface area contributed by atoms with Crippen molar-refractivity contribution in [3.8, 4) is 0 Å². The van der Waals surface area contributed by atoms with Crippen molar-refractivity contribution in [1.82, 2.24) is 14.9 Å². The van der Waals surface area contributed by atoms with E-state index >= 15 is 0 Å². The van der Waals surface area contributed by atoms with E-state index in [1.165, 1.54) is 6.42 Å². The molecule has 0 amide bonds. The van der Waals surface area contributed by atoms with Crippen LogP contribution in [-0.4, -0.2) is 67.4 Å². The first-order chi connectivity index (χ1) is 12.4. The summed E-state index contributed by atoms with van der Waals surface area (Å²) in [5, 5.41) is 17.3. The number of aliphatic hydroxyl groups is 1. The zero-order valence-corrected chi connectivity index (χ0v) is 19.9. The van der Waals surface area contributed by atoms with E-state index in [0.29, 0.717) is 26.1 Å². The van der Waals surface area contributed by atoms with E-state index in [0.717, 1.165) is 51.0 Å². The molecule has 1 saturated heterocycles. The first kappa shape index (κ1) is 24.9. The van der Waals surface area contributed by atoms with Gasteiger partial charge in [0.15, 0.2) is 5.96 Å². The highest BCUT2D eigenvalue weighted by atomic mass is 127. The van der Waals surface area contributed by atoms with E-state index < -0.39 is 15.6 Å². The van der Waals surface area contributed by atoms with Gasteiger partial charge in [0.05, 0.1) is 17.9 Å². The minimum atomic E-state index is -3.10. The topological polar surface area (TPSA) is 94.0 Å². The molecule has 0 aromatic carbocycles. The van der Waals surface area contributed by atoms with Gasteiger partial charge >= 0.3 is 0 Å². The summed E-state index contributed by atoms with van der Waals surface area (Å²) >= 11 is 0. The molecule has 9 heteroatoms. The predicted molar refractivity (Wildman–Crippen MR) is 121 cm³/mol. The fraction of sp³-hybridized carbons (Fsp3) is 0.944. The van der Waals surface area contributed by atoms with Crippen molar-refractivity contribution < 1.29 is 13.5 Å². The van der Waals surface area contributed by atoms with Gasteiger partial charge in [0, 0.05) is 25.7 Å². The van der Waals surface area contributed by atoms with Crippen LogP contribution in [0.4, 0.5) is 0 Å². The number of piperidine rings is 1. The van der Waals surface area contributed by atoms with Gasteiger partial charge < -0.3 is 15.7 Å². The second-order valence-electron chi connectivity index (χ2n) is 7.61. The largest absolute Gasteiger partial charge is 0.388 e. The molecule has 0 unspecified atom stereocenters. The number of nitrogens with zero attached hydrogens (tertiary/aromatic N) is 2. The van der Waals surface area contributed by atoms with Crippen LogP contribution in [0.5, 0.6) is 0 Å². The number of rotatable bonds is 7. The third-order valence-corrected chi connectivity index (χ3v) is 7.39. The van der Waals surface area contributed by atoms with Crippen molar-refractivity contribution >= 4 is 40.0 Å². The van der Waals surface area contributed by atoms with Gasteiger partial charge in [-0.25, -0.2) is 12.7 Å². The highest BCUT2D eigenvalue weighted by molar-refractivity contribution is 14.0. The molecular formula is C18H37IN4O3S. The third kappa shape index (κ3) is 8.02. The minimum Gasteiger partial charge on any atom is -0.388 e. The lowest BCUT2D eigenvalue weighted by Gasteiger charge is -2.33. The molecule has 2 aliphatic rings. The Balaban J connectivity index is 0.00000364.